The topological polar surface area (TPSA) is 79.5 Å². The van der Waals surface area contributed by atoms with E-state index in [2.05, 4.69) is 4.72 Å². The first-order chi connectivity index (χ1) is 8.92. The summed E-state index contributed by atoms with van der Waals surface area (Å²) >= 11 is 11.5. The Kier molecular flexibility index (Phi) is 4.05. The van der Waals surface area contributed by atoms with Gasteiger partial charge in [-0.05, 0) is 30.3 Å². The summed E-state index contributed by atoms with van der Waals surface area (Å²) in [5.74, 6) is 0.162. The van der Waals surface area contributed by atoms with Crippen LogP contribution >= 0.6 is 23.2 Å². The summed E-state index contributed by atoms with van der Waals surface area (Å²) < 4.78 is 31.2. The SMILES string of the molecule is O=S(=O)(Nc1ccc(Cl)c(Cl)c1)c1ccc(CO)o1. The summed E-state index contributed by atoms with van der Waals surface area (Å²) in [6.45, 7) is -0.373. The van der Waals surface area contributed by atoms with Crippen molar-refractivity contribution in [3.63, 3.8) is 0 Å². The molecule has 8 heteroatoms. The number of benzene rings is 1. The molecule has 0 aliphatic rings. The van der Waals surface area contributed by atoms with E-state index in [-0.39, 0.29) is 28.2 Å². The second-order valence-corrected chi connectivity index (χ2v) is 6.04. The normalized spacial score (nSPS) is 11.5. The molecule has 5 nitrogen and oxygen atoms in total. The third-order valence-corrected chi connectivity index (χ3v) is 4.22. The molecule has 0 fully saturated rings. The van der Waals surface area contributed by atoms with Crippen molar-refractivity contribution in [2.24, 2.45) is 0 Å². The van der Waals surface area contributed by atoms with Crippen LogP contribution in [-0.2, 0) is 16.6 Å². The quantitative estimate of drug-likeness (QED) is 0.907. The van der Waals surface area contributed by atoms with Gasteiger partial charge in [-0.3, -0.25) is 4.72 Å². The summed E-state index contributed by atoms with van der Waals surface area (Å²) in [7, 11) is -3.86. The molecular weight excluding hydrogens is 313 g/mol. The first kappa shape index (κ1) is 14.2. The molecule has 0 bridgehead atoms. The fourth-order valence-electron chi connectivity index (χ4n) is 1.35. The number of aliphatic hydroxyl groups excluding tert-OH is 1. The third kappa shape index (κ3) is 3.22. The van der Waals surface area contributed by atoms with E-state index < -0.39 is 10.0 Å². The lowest BCUT2D eigenvalue weighted by Gasteiger charge is -2.06. The van der Waals surface area contributed by atoms with Crippen LogP contribution in [0.2, 0.25) is 10.0 Å². The molecule has 0 radical (unpaired) electrons. The highest BCUT2D eigenvalue weighted by molar-refractivity contribution is 7.92. The van der Waals surface area contributed by atoms with Crippen molar-refractivity contribution >= 4 is 38.9 Å². The molecule has 2 aromatic rings. The maximum absolute atomic E-state index is 12.0. The van der Waals surface area contributed by atoms with Crippen LogP contribution in [-0.4, -0.2) is 13.5 Å². The van der Waals surface area contributed by atoms with Crippen LogP contribution in [0.3, 0.4) is 0 Å². The Morgan fingerprint density at radius 2 is 1.89 bits per heavy atom. The van der Waals surface area contributed by atoms with E-state index in [1.165, 1.54) is 30.3 Å². The monoisotopic (exact) mass is 321 g/mol. The Balaban J connectivity index is 2.28. The average molecular weight is 322 g/mol. The molecule has 0 saturated heterocycles. The summed E-state index contributed by atoms with van der Waals surface area (Å²) in [6.07, 6.45) is 0. The van der Waals surface area contributed by atoms with Crippen molar-refractivity contribution in [3.8, 4) is 0 Å². The zero-order chi connectivity index (χ0) is 14.0. The number of halogens is 2. The minimum atomic E-state index is -3.86. The van der Waals surface area contributed by atoms with Crippen LogP contribution in [0.4, 0.5) is 5.69 Å². The van der Waals surface area contributed by atoms with Gasteiger partial charge in [-0.2, -0.15) is 8.42 Å². The molecule has 19 heavy (non-hydrogen) atoms. The van der Waals surface area contributed by atoms with Crippen LogP contribution < -0.4 is 4.72 Å². The number of sulfonamides is 1. The second-order valence-electron chi connectivity index (χ2n) is 3.61. The van der Waals surface area contributed by atoms with E-state index in [4.69, 9.17) is 32.7 Å². The van der Waals surface area contributed by atoms with E-state index in [1.54, 1.807) is 0 Å². The fourth-order valence-corrected chi connectivity index (χ4v) is 2.65. The second kappa shape index (κ2) is 5.42. The largest absolute Gasteiger partial charge is 0.445 e. The summed E-state index contributed by atoms with van der Waals surface area (Å²) in [4.78, 5) is 0. The molecule has 0 unspecified atom stereocenters. The molecular formula is C11H9Cl2NO4S. The Morgan fingerprint density at radius 3 is 2.47 bits per heavy atom. The molecule has 2 N–H and O–H groups in total. The molecule has 0 amide bonds. The van der Waals surface area contributed by atoms with Crippen LogP contribution in [0.5, 0.6) is 0 Å². The van der Waals surface area contributed by atoms with Crippen molar-refractivity contribution in [1.82, 2.24) is 0 Å². The molecule has 0 atom stereocenters. The lowest BCUT2D eigenvalue weighted by molar-refractivity contribution is 0.236. The van der Waals surface area contributed by atoms with Crippen LogP contribution in [0.25, 0.3) is 0 Å². The molecule has 1 heterocycles. The van der Waals surface area contributed by atoms with Gasteiger partial charge in [0, 0.05) is 0 Å². The number of hydrogen-bond acceptors (Lipinski definition) is 4. The van der Waals surface area contributed by atoms with Gasteiger partial charge in [0.25, 0.3) is 10.0 Å². The van der Waals surface area contributed by atoms with Gasteiger partial charge in [-0.1, -0.05) is 23.2 Å². The summed E-state index contributed by atoms with van der Waals surface area (Å²) in [5.41, 5.74) is 0.261. The zero-order valence-electron chi connectivity index (χ0n) is 9.43. The maximum Gasteiger partial charge on any atom is 0.295 e. The van der Waals surface area contributed by atoms with Gasteiger partial charge in [0.15, 0.2) is 0 Å². The maximum atomic E-state index is 12.0. The van der Waals surface area contributed by atoms with E-state index in [9.17, 15) is 8.42 Å². The Bertz CT molecular complexity index is 696. The van der Waals surface area contributed by atoms with Crippen molar-refractivity contribution in [3.05, 3.63) is 46.1 Å². The predicted molar refractivity (Wildman–Crippen MR) is 71.9 cm³/mol. The highest BCUT2D eigenvalue weighted by atomic mass is 35.5. The Labute approximate surface area is 119 Å². The van der Waals surface area contributed by atoms with E-state index >= 15 is 0 Å². The van der Waals surface area contributed by atoms with Crippen LogP contribution in [0, 0.1) is 0 Å². The van der Waals surface area contributed by atoms with Crippen molar-refractivity contribution in [2.75, 3.05) is 4.72 Å². The standard InChI is InChI=1S/C11H9Cl2NO4S/c12-9-3-1-7(5-10(9)13)14-19(16,17)11-4-2-8(6-15)18-11/h1-5,14-15H,6H2. The van der Waals surface area contributed by atoms with Gasteiger partial charge in [0.1, 0.15) is 12.4 Å². The minimum absolute atomic E-state index is 0.162. The van der Waals surface area contributed by atoms with E-state index in [0.717, 1.165) is 0 Å². The van der Waals surface area contributed by atoms with Gasteiger partial charge >= 0.3 is 0 Å². The third-order valence-electron chi connectivity index (χ3n) is 2.23. The highest BCUT2D eigenvalue weighted by Crippen LogP contribution is 2.26. The van der Waals surface area contributed by atoms with Crippen molar-refractivity contribution in [2.45, 2.75) is 11.7 Å². The zero-order valence-corrected chi connectivity index (χ0v) is 11.8. The number of nitrogens with one attached hydrogen (secondary N) is 1. The Hall–Kier alpha value is -1.21. The van der Waals surface area contributed by atoms with Crippen LogP contribution in [0.1, 0.15) is 5.76 Å². The molecule has 2 rings (SSSR count). The summed E-state index contributed by atoms with van der Waals surface area (Å²) in [5, 5.41) is 9.10. The summed E-state index contributed by atoms with van der Waals surface area (Å²) in [6, 6.07) is 6.97. The molecule has 0 spiro atoms. The van der Waals surface area contributed by atoms with E-state index in [0.29, 0.717) is 5.02 Å². The first-order valence-corrected chi connectivity index (χ1v) is 7.34. The molecule has 102 valence electrons. The number of anilines is 1. The van der Waals surface area contributed by atoms with Gasteiger partial charge in [-0.25, -0.2) is 0 Å². The van der Waals surface area contributed by atoms with E-state index in [1.807, 2.05) is 0 Å². The average Bonchev–Trinajstić information content (AvgIpc) is 2.83. The predicted octanol–water partition coefficient (Wildman–Crippen LogP) is 2.88. The lowest BCUT2D eigenvalue weighted by atomic mass is 10.3. The molecule has 0 aliphatic carbocycles. The van der Waals surface area contributed by atoms with Gasteiger partial charge in [0.05, 0.1) is 15.7 Å². The highest BCUT2D eigenvalue weighted by Gasteiger charge is 2.19. The number of aliphatic hydroxyl groups is 1. The number of furan rings is 1. The van der Waals surface area contributed by atoms with Crippen molar-refractivity contribution < 1.29 is 17.9 Å². The Morgan fingerprint density at radius 1 is 1.16 bits per heavy atom. The lowest BCUT2D eigenvalue weighted by Crippen LogP contribution is -2.12. The van der Waals surface area contributed by atoms with Gasteiger partial charge in [-0.15, -0.1) is 0 Å². The number of hydrogen-bond donors (Lipinski definition) is 2. The smallest absolute Gasteiger partial charge is 0.295 e. The minimum Gasteiger partial charge on any atom is -0.445 e. The number of rotatable bonds is 4. The molecule has 1 aromatic carbocycles. The molecule has 0 aliphatic heterocycles. The molecule has 1 aromatic heterocycles. The van der Waals surface area contributed by atoms with Crippen molar-refractivity contribution in [1.29, 1.82) is 0 Å². The van der Waals surface area contributed by atoms with Crippen LogP contribution in [0.15, 0.2) is 39.8 Å². The van der Waals surface area contributed by atoms with Gasteiger partial charge < -0.3 is 9.52 Å². The first-order valence-electron chi connectivity index (χ1n) is 5.10. The molecule has 0 saturated carbocycles. The van der Waals surface area contributed by atoms with Gasteiger partial charge in [0.2, 0.25) is 5.09 Å². The fraction of sp³-hybridized carbons (Fsp3) is 0.0909.